The number of hydrogen-bond donors (Lipinski definition) is 0. The van der Waals surface area contributed by atoms with Crippen LogP contribution in [0.2, 0.25) is 0 Å². The van der Waals surface area contributed by atoms with Crippen LogP contribution >= 0.6 is 0 Å². The van der Waals surface area contributed by atoms with E-state index < -0.39 is 5.82 Å². The van der Waals surface area contributed by atoms with E-state index in [-0.39, 0.29) is 23.3 Å². The molecule has 0 spiro atoms. The maximum atomic E-state index is 14.5. The van der Waals surface area contributed by atoms with E-state index in [1.165, 1.54) is 19.3 Å². The van der Waals surface area contributed by atoms with Crippen molar-refractivity contribution in [1.82, 2.24) is 19.3 Å². The first-order chi connectivity index (χ1) is 18.0. The maximum absolute atomic E-state index is 14.5. The predicted octanol–water partition coefficient (Wildman–Crippen LogP) is 5.24. The molecular weight excluding hydrogens is 475 g/mol. The van der Waals surface area contributed by atoms with Crippen molar-refractivity contribution in [2.75, 3.05) is 26.8 Å². The first-order valence-corrected chi connectivity index (χ1v) is 12.0. The van der Waals surface area contributed by atoms with Gasteiger partial charge in [0.15, 0.2) is 11.5 Å². The number of benzene rings is 2. The maximum Gasteiger partial charge on any atom is 0.245 e. The third kappa shape index (κ3) is 4.60. The number of amides is 1. The van der Waals surface area contributed by atoms with Gasteiger partial charge < -0.3 is 19.1 Å². The van der Waals surface area contributed by atoms with Crippen molar-refractivity contribution in [2.24, 2.45) is 0 Å². The molecule has 1 saturated heterocycles. The number of hydrogen-bond acceptors (Lipinski definition) is 6. The van der Waals surface area contributed by atoms with Crippen LogP contribution in [0.15, 0.2) is 67.5 Å². The van der Waals surface area contributed by atoms with Gasteiger partial charge in [-0.3, -0.25) is 14.2 Å². The van der Waals surface area contributed by atoms with Crippen molar-refractivity contribution in [3.8, 4) is 34.4 Å². The first-order valence-electron chi connectivity index (χ1n) is 12.0. The summed E-state index contributed by atoms with van der Waals surface area (Å²) in [5, 5.41) is 0. The van der Waals surface area contributed by atoms with Crippen molar-refractivity contribution in [3.05, 3.63) is 79.2 Å². The molecule has 0 bridgehead atoms. The van der Waals surface area contributed by atoms with Crippen LogP contribution in [-0.2, 0) is 4.79 Å². The Hall–Kier alpha value is -4.40. The molecule has 1 atom stereocenters. The number of fused-ring (bicyclic) bond motifs is 1. The highest BCUT2D eigenvalue weighted by molar-refractivity contribution is 5.87. The van der Waals surface area contributed by atoms with Gasteiger partial charge in [-0.05, 0) is 55.8 Å². The van der Waals surface area contributed by atoms with E-state index in [1.807, 2.05) is 23.5 Å². The minimum Gasteiger partial charge on any atom is -0.494 e. The lowest BCUT2D eigenvalue weighted by atomic mass is 10.1. The molecule has 37 heavy (non-hydrogen) atoms. The second kappa shape index (κ2) is 10.3. The number of aromatic nitrogens is 3. The molecule has 5 rings (SSSR count). The minimum atomic E-state index is -0.561. The van der Waals surface area contributed by atoms with Crippen LogP contribution < -0.4 is 14.2 Å². The van der Waals surface area contributed by atoms with Gasteiger partial charge in [-0.1, -0.05) is 12.6 Å². The average molecular weight is 503 g/mol. The van der Waals surface area contributed by atoms with E-state index >= 15 is 0 Å². The molecule has 1 unspecified atom stereocenters. The molecular formula is C28H27FN4O4. The van der Waals surface area contributed by atoms with Crippen molar-refractivity contribution in [1.29, 1.82) is 0 Å². The third-order valence-corrected chi connectivity index (χ3v) is 6.38. The number of carbonyl (C=O) groups excluding carboxylic acids is 1. The highest BCUT2D eigenvalue weighted by Crippen LogP contribution is 2.36. The molecule has 1 aliphatic rings. The summed E-state index contributed by atoms with van der Waals surface area (Å²) < 4.78 is 33.2. The molecule has 2 aromatic heterocycles. The monoisotopic (exact) mass is 502 g/mol. The lowest BCUT2D eigenvalue weighted by Crippen LogP contribution is -2.26. The van der Waals surface area contributed by atoms with Gasteiger partial charge in [0, 0.05) is 24.6 Å². The molecule has 0 saturated carbocycles. The van der Waals surface area contributed by atoms with Crippen molar-refractivity contribution < 1.29 is 23.4 Å². The van der Waals surface area contributed by atoms with Crippen LogP contribution in [0.5, 0.6) is 23.1 Å². The van der Waals surface area contributed by atoms with Gasteiger partial charge in [-0.25, -0.2) is 4.98 Å². The Morgan fingerprint density at radius 3 is 2.70 bits per heavy atom. The van der Waals surface area contributed by atoms with Crippen LogP contribution in [0.4, 0.5) is 4.39 Å². The molecule has 1 fully saturated rings. The SMILES string of the molecule is C=CC(=O)N1CCC(c2nc(-c3ccc(Oc4cccc(OC)c4F)cc3)c3cncc(OCC)n23)C1. The average Bonchev–Trinajstić information content (AvgIpc) is 3.56. The number of imidazole rings is 1. The van der Waals surface area contributed by atoms with E-state index in [9.17, 15) is 9.18 Å². The quantitative estimate of drug-likeness (QED) is 0.307. The Labute approximate surface area is 213 Å². The summed E-state index contributed by atoms with van der Waals surface area (Å²) in [5.74, 6) is 1.46. The first kappa shape index (κ1) is 24.3. The summed E-state index contributed by atoms with van der Waals surface area (Å²) in [4.78, 5) is 23.3. The Kier molecular flexibility index (Phi) is 6.76. The Balaban J connectivity index is 1.50. The molecule has 0 N–H and O–H groups in total. The second-order valence-corrected chi connectivity index (χ2v) is 8.59. The van der Waals surface area contributed by atoms with Gasteiger partial charge in [0.05, 0.1) is 37.3 Å². The summed E-state index contributed by atoms with van der Waals surface area (Å²) in [5.41, 5.74) is 2.37. The molecule has 1 aliphatic heterocycles. The van der Waals surface area contributed by atoms with Gasteiger partial charge in [0.25, 0.3) is 0 Å². The van der Waals surface area contributed by atoms with Crippen LogP contribution in [-0.4, -0.2) is 52.0 Å². The number of nitrogens with zero attached hydrogens (tertiary/aromatic N) is 4. The molecule has 3 heterocycles. The Bertz CT molecular complexity index is 1450. The molecule has 1 amide bonds. The number of methoxy groups -OCH3 is 1. The summed E-state index contributed by atoms with van der Waals surface area (Å²) in [6.45, 7) is 7.19. The zero-order valence-electron chi connectivity index (χ0n) is 20.7. The molecule has 2 aromatic carbocycles. The molecule has 190 valence electrons. The fourth-order valence-corrected chi connectivity index (χ4v) is 4.60. The fourth-order valence-electron chi connectivity index (χ4n) is 4.60. The largest absolute Gasteiger partial charge is 0.494 e. The third-order valence-electron chi connectivity index (χ3n) is 6.38. The van der Waals surface area contributed by atoms with E-state index in [0.29, 0.717) is 31.3 Å². The van der Waals surface area contributed by atoms with Crippen molar-refractivity contribution in [2.45, 2.75) is 19.3 Å². The van der Waals surface area contributed by atoms with Crippen LogP contribution in [0.3, 0.4) is 0 Å². The highest BCUT2D eigenvalue weighted by Gasteiger charge is 2.31. The van der Waals surface area contributed by atoms with E-state index in [4.69, 9.17) is 19.2 Å². The molecule has 0 radical (unpaired) electrons. The topological polar surface area (TPSA) is 78.2 Å². The Morgan fingerprint density at radius 1 is 1.19 bits per heavy atom. The molecule has 8 nitrogen and oxygen atoms in total. The predicted molar refractivity (Wildman–Crippen MR) is 137 cm³/mol. The van der Waals surface area contributed by atoms with Gasteiger partial charge in [0.1, 0.15) is 11.6 Å². The zero-order valence-corrected chi connectivity index (χ0v) is 20.7. The number of likely N-dealkylation sites (tertiary alicyclic amines) is 1. The van der Waals surface area contributed by atoms with Crippen LogP contribution in [0.25, 0.3) is 16.8 Å². The molecule has 9 heteroatoms. The normalized spacial score (nSPS) is 15.1. The van der Waals surface area contributed by atoms with E-state index in [0.717, 1.165) is 29.0 Å². The lowest BCUT2D eigenvalue weighted by Gasteiger charge is -2.14. The summed E-state index contributed by atoms with van der Waals surface area (Å²) in [6.07, 6.45) is 5.55. The zero-order chi connectivity index (χ0) is 25.9. The Morgan fingerprint density at radius 2 is 1.97 bits per heavy atom. The molecule has 0 aliphatic carbocycles. The summed E-state index contributed by atoms with van der Waals surface area (Å²) in [6, 6.07) is 12.0. The fraction of sp³-hybridized carbons (Fsp3) is 0.250. The summed E-state index contributed by atoms with van der Waals surface area (Å²) >= 11 is 0. The van der Waals surface area contributed by atoms with Crippen molar-refractivity contribution >= 4 is 11.4 Å². The summed E-state index contributed by atoms with van der Waals surface area (Å²) in [7, 11) is 1.41. The van der Waals surface area contributed by atoms with Gasteiger partial charge in [-0.2, -0.15) is 4.39 Å². The number of rotatable bonds is 8. The van der Waals surface area contributed by atoms with E-state index in [1.54, 1.807) is 41.6 Å². The number of ether oxygens (including phenoxy) is 3. The van der Waals surface area contributed by atoms with Crippen LogP contribution in [0.1, 0.15) is 25.1 Å². The van der Waals surface area contributed by atoms with E-state index in [2.05, 4.69) is 11.6 Å². The number of halogens is 1. The molecule has 4 aromatic rings. The smallest absolute Gasteiger partial charge is 0.245 e. The van der Waals surface area contributed by atoms with Gasteiger partial charge in [0.2, 0.25) is 17.6 Å². The van der Waals surface area contributed by atoms with Crippen LogP contribution in [0, 0.1) is 5.82 Å². The standard InChI is InChI=1S/C28H27FN4O4/c1-4-24(34)32-14-13-19(17-32)28-31-27(21-15-30-16-25(33(21)28)36-5-2)18-9-11-20(12-10-18)37-23-8-6-7-22(35-3)26(23)29/h4,6-12,15-16,19H,1,5,13-14,17H2,2-3H3. The minimum absolute atomic E-state index is 0.0328. The van der Waals surface area contributed by atoms with Gasteiger partial charge >= 0.3 is 0 Å². The lowest BCUT2D eigenvalue weighted by molar-refractivity contribution is -0.125. The highest BCUT2D eigenvalue weighted by atomic mass is 19.1. The number of carbonyl (C=O) groups is 1. The van der Waals surface area contributed by atoms with Crippen molar-refractivity contribution in [3.63, 3.8) is 0 Å². The second-order valence-electron chi connectivity index (χ2n) is 8.59. The van der Waals surface area contributed by atoms with Gasteiger partial charge in [-0.15, -0.1) is 0 Å².